The molecule has 0 spiro atoms. The van der Waals surface area contributed by atoms with Gasteiger partial charge in [0.15, 0.2) is 5.69 Å². The molecule has 0 fully saturated rings. The standard InChI is InChI=1S/C20H19N3O4/c1-4-27-20(24)19-14(3)18(15-10-8-13(2)9-11-15)21-22(19)16-6-5-7-17(12-16)23(25)26/h5-12H,4H2,1-3H3. The van der Waals surface area contributed by atoms with Crippen molar-refractivity contribution in [3.8, 4) is 16.9 Å². The SMILES string of the molecule is CCOC(=O)c1c(C)c(-c2ccc(C)cc2)nn1-c1cccc([N+](=O)[O-])c1. The largest absolute Gasteiger partial charge is 0.461 e. The molecular weight excluding hydrogens is 346 g/mol. The summed E-state index contributed by atoms with van der Waals surface area (Å²) < 4.78 is 6.60. The second-order valence-electron chi connectivity index (χ2n) is 6.10. The summed E-state index contributed by atoms with van der Waals surface area (Å²) in [5.41, 5.74) is 3.86. The number of carbonyl (C=O) groups is 1. The van der Waals surface area contributed by atoms with E-state index in [1.165, 1.54) is 16.8 Å². The number of hydrogen-bond acceptors (Lipinski definition) is 5. The van der Waals surface area contributed by atoms with Gasteiger partial charge < -0.3 is 4.74 Å². The first-order valence-corrected chi connectivity index (χ1v) is 8.51. The highest BCUT2D eigenvalue weighted by Crippen LogP contribution is 2.28. The predicted octanol–water partition coefficient (Wildman–Crippen LogP) is 4.24. The summed E-state index contributed by atoms with van der Waals surface area (Å²) >= 11 is 0. The van der Waals surface area contributed by atoms with Gasteiger partial charge in [0.2, 0.25) is 0 Å². The van der Waals surface area contributed by atoms with Gasteiger partial charge in [0.05, 0.1) is 22.9 Å². The third-order valence-electron chi connectivity index (χ3n) is 4.20. The van der Waals surface area contributed by atoms with E-state index in [0.29, 0.717) is 16.9 Å². The molecule has 0 amide bonds. The zero-order valence-corrected chi connectivity index (χ0v) is 15.3. The Kier molecular flexibility index (Phi) is 5.03. The van der Waals surface area contributed by atoms with Crippen LogP contribution in [0, 0.1) is 24.0 Å². The van der Waals surface area contributed by atoms with Crippen molar-refractivity contribution in [3.63, 3.8) is 0 Å². The minimum atomic E-state index is -0.521. The molecule has 2 aromatic carbocycles. The summed E-state index contributed by atoms with van der Waals surface area (Å²) in [6.45, 7) is 5.73. The van der Waals surface area contributed by atoms with Crippen LogP contribution in [0.4, 0.5) is 5.69 Å². The number of esters is 1. The van der Waals surface area contributed by atoms with Crippen molar-refractivity contribution in [1.82, 2.24) is 9.78 Å². The van der Waals surface area contributed by atoms with Crippen molar-refractivity contribution in [1.29, 1.82) is 0 Å². The topological polar surface area (TPSA) is 87.3 Å². The zero-order chi connectivity index (χ0) is 19.6. The van der Waals surface area contributed by atoms with Crippen molar-refractivity contribution >= 4 is 11.7 Å². The molecule has 0 bridgehead atoms. The minimum Gasteiger partial charge on any atom is -0.461 e. The lowest BCUT2D eigenvalue weighted by atomic mass is 10.1. The van der Waals surface area contributed by atoms with E-state index in [1.54, 1.807) is 26.0 Å². The van der Waals surface area contributed by atoms with Crippen molar-refractivity contribution in [2.24, 2.45) is 0 Å². The Bertz CT molecular complexity index is 1010. The highest BCUT2D eigenvalue weighted by atomic mass is 16.6. The van der Waals surface area contributed by atoms with E-state index in [2.05, 4.69) is 5.10 Å². The number of rotatable bonds is 5. The van der Waals surface area contributed by atoms with Crippen LogP contribution in [-0.2, 0) is 4.74 Å². The number of ether oxygens (including phenoxy) is 1. The average Bonchev–Trinajstić information content (AvgIpc) is 3.00. The summed E-state index contributed by atoms with van der Waals surface area (Å²) in [7, 11) is 0. The number of nitrogens with zero attached hydrogens (tertiary/aromatic N) is 3. The lowest BCUT2D eigenvalue weighted by Gasteiger charge is -2.07. The number of hydrogen-bond donors (Lipinski definition) is 0. The number of nitro groups is 1. The van der Waals surface area contributed by atoms with Crippen molar-refractivity contribution in [2.75, 3.05) is 6.61 Å². The van der Waals surface area contributed by atoms with E-state index in [9.17, 15) is 14.9 Å². The zero-order valence-electron chi connectivity index (χ0n) is 15.3. The number of benzene rings is 2. The molecule has 0 saturated heterocycles. The van der Waals surface area contributed by atoms with Crippen LogP contribution >= 0.6 is 0 Å². The van der Waals surface area contributed by atoms with Crippen molar-refractivity contribution in [3.05, 3.63) is 75.5 Å². The summed E-state index contributed by atoms with van der Waals surface area (Å²) in [6.07, 6.45) is 0. The van der Waals surface area contributed by atoms with Crippen LogP contribution in [0.25, 0.3) is 16.9 Å². The molecule has 0 unspecified atom stereocenters. The summed E-state index contributed by atoms with van der Waals surface area (Å²) in [6, 6.07) is 13.8. The van der Waals surface area contributed by atoms with Gasteiger partial charge in [0.1, 0.15) is 0 Å². The first kappa shape index (κ1) is 18.3. The number of aromatic nitrogens is 2. The van der Waals surface area contributed by atoms with Gasteiger partial charge in [-0.15, -0.1) is 0 Å². The Hall–Kier alpha value is -3.48. The second-order valence-corrected chi connectivity index (χ2v) is 6.10. The number of carbonyl (C=O) groups excluding carboxylic acids is 1. The molecule has 0 saturated carbocycles. The van der Waals surface area contributed by atoms with Crippen molar-refractivity contribution in [2.45, 2.75) is 20.8 Å². The van der Waals surface area contributed by atoms with Crippen LogP contribution < -0.4 is 0 Å². The molecule has 0 N–H and O–H groups in total. The van der Waals surface area contributed by atoms with Gasteiger partial charge in [0, 0.05) is 23.3 Å². The van der Waals surface area contributed by atoms with E-state index in [4.69, 9.17) is 4.74 Å². The predicted molar refractivity (Wildman–Crippen MR) is 101 cm³/mol. The normalized spacial score (nSPS) is 10.6. The first-order chi connectivity index (χ1) is 12.9. The van der Waals surface area contributed by atoms with Crippen LogP contribution in [0.5, 0.6) is 0 Å². The van der Waals surface area contributed by atoms with Gasteiger partial charge in [-0.3, -0.25) is 10.1 Å². The van der Waals surface area contributed by atoms with Gasteiger partial charge in [-0.05, 0) is 26.8 Å². The molecule has 0 atom stereocenters. The maximum Gasteiger partial charge on any atom is 0.357 e. The molecule has 138 valence electrons. The Morgan fingerprint density at radius 2 is 1.89 bits per heavy atom. The lowest BCUT2D eigenvalue weighted by molar-refractivity contribution is -0.384. The third kappa shape index (κ3) is 3.57. The molecule has 1 aromatic heterocycles. The monoisotopic (exact) mass is 365 g/mol. The minimum absolute atomic E-state index is 0.0765. The Morgan fingerprint density at radius 1 is 1.19 bits per heavy atom. The van der Waals surface area contributed by atoms with Crippen molar-refractivity contribution < 1.29 is 14.5 Å². The van der Waals surface area contributed by atoms with Gasteiger partial charge in [-0.25, -0.2) is 9.48 Å². The molecule has 27 heavy (non-hydrogen) atoms. The highest BCUT2D eigenvalue weighted by Gasteiger charge is 2.24. The maximum atomic E-state index is 12.6. The van der Waals surface area contributed by atoms with E-state index < -0.39 is 10.9 Å². The van der Waals surface area contributed by atoms with Crippen LogP contribution in [0.2, 0.25) is 0 Å². The molecule has 1 heterocycles. The number of nitro benzene ring substituents is 1. The summed E-state index contributed by atoms with van der Waals surface area (Å²) in [5, 5.41) is 15.7. The fourth-order valence-corrected chi connectivity index (χ4v) is 2.85. The first-order valence-electron chi connectivity index (χ1n) is 8.51. The Labute approximate surface area is 156 Å². The third-order valence-corrected chi connectivity index (χ3v) is 4.20. The molecular formula is C20H19N3O4. The number of aryl methyl sites for hydroxylation is 1. The van der Waals surface area contributed by atoms with Gasteiger partial charge in [-0.1, -0.05) is 35.9 Å². The highest BCUT2D eigenvalue weighted by molar-refractivity contribution is 5.92. The molecule has 0 aliphatic carbocycles. The smallest absolute Gasteiger partial charge is 0.357 e. The summed E-state index contributed by atoms with van der Waals surface area (Å²) in [5.74, 6) is -0.521. The average molecular weight is 365 g/mol. The van der Waals surface area contributed by atoms with Gasteiger partial charge in [0.25, 0.3) is 5.69 Å². The fraction of sp³-hybridized carbons (Fsp3) is 0.200. The van der Waals surface area contributed by atoms with E-state index in [-0.39, 0.29) is 18.0 Å². The Morgan fingerprint density at radius 3 is 2.52 bits per heavy atom. The molecule has 7 nitrogen and oxygen atoms in total. The molecule has 7 heteroatoms. The fourth-order valence-electron chi connectivity index (χ4n) is 2.85. The molecule has 0 aliphatic heterocycles. The quantitative estimate of drug-likeness (QED) is 0.383. The second kappa shape index (κ2) is 7.41. The summed E-state index contributed by atoms with van der Waals surface area (Å²) in [4.78, 5) is 23.2. The van der Waals surface area contributed by atoms with Crippen LogP contribution in [0.1, 0.15) is 28.5 Å². The molecule has 0 radical (unpaired) electrons. The number of non-ortho nitro benzene ring substituents is 1. The van der Waals surface area contributed by atoms with Crippen LogP contribution in [-0.4, -0.2) is 27.3 Å². The van der Waals surface area contributed by atoms with E-state index in [1.807, 2.05) is 31.2 Å². The molecule has 3 aromatic rings. The van der Waals surface area contributed by atoms with Crippen LogP contribution in [0.3, 0.4) is 0 Å². The van der Waals surface area contributed by atoms with Gasteiger partial charge >= 0.3 is 5.97 Å². The van der Waals surface area contributed by atoms with Gasteiger partial charge in [-0.2, -0.15) is 5.10 Å². The van der Waals surface area contributed by atoms with E-state index in [0.717, 1.165) is 11.1 Å². The lowest BCUT2D eigenvalue weighted by Crippen LogP contribution is -2.13. The molecule has 3 rings (SSSR count). The Balaban J connectivity index is 2.21. The molecule has 0 aliphatic rings. The van der Waals surface area contributed by atoms with Crippen LogP contribution in [0.15, 0.2) is 48.5 Å². The maximum absolute atomic E-state index is 12.6. The van der Waals surface area contributed by atoms with E-state index >= 15 is 0 Å².